The van der Waals surface area contributed by atoms with Gasteiger partial charge in [-0.1, -0.05) is 52.3 Å². The van der Waals surface area contributed by atoms with E-state index in [2.05, 4.69) is 26.6 Å². The van der Waals surface area contributed by atoms with Gasteiger partial charge in [-0.2, -0.15) is 0 Å². The van der Waals surface area contributed by atoms with Crippen molar-refractivity contribution in [2.45, 2.75) is 19.0 Å². The van der Waals surface area contributed by atoms with Crippen LogP contribution in [0.15, 0.2) is 59.1 Å². The van der Waals surface area contributed by atoms with Crippen LogP contribution in [-0.2, 0) is 11.3 Å². The highest BCUT2D eigenvalue weighted by molar-refractivity contribution is 9.10. The molecule has 124 valence electrons. The summed E-state index contributed by atoms with van der Waals surface area (Å²) < 4.78 is 0.894. The van der Waals surface area contributed by atoms with Crippen LogP contribution in [-0.4, -0.2) is 29.4 Å². The fourth-order valence-corrected chi connectivity index (χ4v) is 3.14. The summed E-state index contributed by atoms with van der Waals surface area (Å²) in [6.07, 6.45) is 0.332. The number of carbonyl (C=O) groups is 2. The van der Waals surface area contributed by atoms with Crippen molar-refractivity contribution in [2.24, 2.45) is 0 Å². The molecule has 1 saturated heterocycles. The van der Waals surface area contributed by atoms with Gasteiger partial charge in [-0.05, 0) is 23.8 Å². The summed E-state index contributed by atoms with van der Waals surface area (Å²) in [4.78, 5) is 26.0. The highest BCUT2D eigenvalue weighted by Gasteiger charge is 2.30. The van der Waals surface area contributed by atoms with Gasteiger partial charge in [-0.3, -0.25) is 4.79 Å². The molecular formula is C18H18BrN3O2. The Kier molecular flexibility index (Phi) is 5.15. The Hall–Kier alpha value is -2.34. The normalized spacial score (nSPS) is 17.0. The molecule has 3 rings (SSSR count). The smallest absolute Gasteiger partial charge is 0.319 e. The third kappa shape index (κ3) is 4.35. The number of hydrogen-bond acceptors (Lipinski definition) is 2. The Balaban J connectivity index is 1.53. The van der Waals surface area contributed by atoms with Crippen molar-refractivity contribution in [1.82, 2.24) is 10.2 Å². The van der Waals surface area contributed by atoms with Gasteiger partial charge in [0.05, 0.1) is 6.04 Å². The lowest BCUT2D eigenvalue weighted by Gasteiger charge is -2.17. The molecule has 24 heavy (non-hydrogen) atoms. The Morgan fingerprint density at radius 3 is 2.71 bits per heavy atom. The van der Waals surface area contributed by atoms with E-state index in [1.54, 1.807) is 4.90 Å². The summed E-state index contributed by atoms with van der Waals surface area (Å²) >= 11 is 3.36. The Bertz CT molecular complexity index is 736. The molecule has 2 N–H and O–H groups in total. The Morgan fingerprint density at radius 1 is 1.17 bits per heavy atom. The van der Waals surface area contributed by atoms with E-state index >= 15 is 0 Å². The van der Waals surface area contributed by atoms with E-state index in [-0.39, 0.29) is 18.0 Å². The summed E-state index contributed by atoms with van der Waals surface area (Å²) in [6, 6.07) is 16.7. The van der Waals surface area contributed by atoms with E-state index in [1.807, 2.05) is 54.6 Å². The van der Waals surface area contributed by atoms with E-state index in [1.165, 1.54) is 0 Å². The van der Waals surface area contributed by atoms with Crippen LogP contribution in [0.25, 0.3) is 0 Å². The number of halogens is 1. The van der Waals surface area contributed by atoms with Crippen LogP contribution in [0, 0.1) is 0 Å². The number of amides is 3. The number of nitrogens with zero attached hydrogens (tertiary/aromatic N) is 1. The first-order valence-electron chi connectivity index (χ1n) is 7.75. The van der Waals surface area contributed by atoms with Gasteiger partial charge in [-0.15, -0.1) is 0 Å². The van der Waals surface area contributed by atoms with Crippen molar-refractivity contribution in [3.63, 3.8) is 0 Å². The molecule has 1 aliphatic heterocycles. The lowest BCUT2D eigenvalue weighted by Crippen LogP contribution is -2.39. The van der Waals surface area contributed by atoms with Gasteiger partial charge >= 0.3 is 6.03 Å². The zero-order valence-electron chi connectivity index (χ0n) is 13.0. The SMILES string of the molecule is O=C(Nc1cccc(Br)c1)NC1CC(=O)N(Cc2ccccc2)C1. The number of hydrogen-bond donors (Lipinski definition) is 2. The highest BCUT2D eigenvalue weighted by atomic mass is 79.9. The molecule has 1 unspecified atom stereocenters. The molecule has 1 aliphatic rings. The summed E-state index contributed by atoms with van der Waals surface area (Å²) in [7, 11) is 0. The second-order valence-corrected chi connectivity index (χ2v) is 6.69. The first-order chi connectivity index (χ1) is 11.6. The molecule has 1 heterocycles. The topological polar surface area (TPSA) is 61.4 Å². The zero-order chi connectivity index (χ0) is 16.9. The predicted octanol–water partition coefficient (Wildman–Crippen LogP) is 3.37. The maximum Gasteiger partial charge on any atom is 0.319 e. The summed E-state index contributed by atoms with van der Waals surface area (Å²) in [5, 5.41) is 5.64. The lowest BCUT2D eigenvalue weighted by molar-refractivity contribution is -0.128. The first kappa shape index (κ1) is 16.5. The van der Waals surface area contributed by atoms with Crippen molar-refractivity contribution in [3.05, 3.63) is 64.6 Å². The first-order valence-corrected chi connectivity index (χ1v) is 8.54. The number of nitrogens with one attached hydrogen (secondary N) is 2. The molecule has 1 atom stereocenters. The fourth-order valence-electron chi connectivity index (χ4n) is 2.74. The average molecular weight is 388 g/mol. The maximum atomic E-state index is 12.1. The van der Waals surface area contributed by atoms with E-state index in [0.29, 0.717) is 25.2 Å². The molecule has 6 heteroatoms. The van der Waals surface area contributed by atoms with Crippen LogP contribution >= 0.6 is 15.9 Å². The number of rotatable bonds is 4. The van der Waals surface area contributed by atoms with Crippen molar-refractivity contribution in [2.75, 3.05) is 11.9 Å². The maximum absolute atomic E-state index is 12.1. The van der Waals surface area contributed by atoms with E-state index in [0.717, 1.165) is 10.0 Å². The molecule has 0 bridgehead atoms. The second kappa shape index (κ2) is 7.49. The van der Waals surface area contributed by atoms with Crippen LogP contribution in [0.2, 0.25) is 0 Å². The molecule has 0 saturated carbocycles. The van der Waals surface area contributed by atoms with Gasteiger partial charge in [-0.25, -0.2) is 4.79 Å². The van der Waals surface area contributed by atoms with Crippen LogP contribution in [0.4, 0.5) is 10.5 Å². The third-order valence-electron chi connectivity index (χ3n) is 3.85. The van der Waals surface area contributed by atoms with E-state index in [4.69, 9.17) is 0 Å². The van der Waals surface area contributed by atoms with Crippen molar-refractivity contribution in [1.29, 1.82) is 0 Å². The monoisotopic (exact) mass is 387 g/mol. The molecule has 0 aromatic heterocycles. The summed E-state index contributed by atoms with van der Waals surface area (Å²) in [5.74, 6) is 0.0617. The molecule has 0 radical (unpaired) electrons. The van der Waals surface area contributed by atoms with Gasteiger partial charge in [0, 0.05) is 29.7 Å². The third-order valence-corrected chi connectivity index (χ3v) is 4.34. The van der Waals surface area contributed by atoms with Crippen LogP contribution in [0.5, 0.6) is 0 Å². The Labute approximate surface area is 149 Å². The molecule has 3 amide bonds. The fraction of sp³-hybridized carbons (Fsp3) is 0.222. The second-order valence-electron chi connectivity index (χ2n) is 5.77. The predicted molar refractivity (Wildman–Crippen MR) is 96.6 cm³/mol. The largest absolute Gasteiger partial charge is 0.336 e. The molecule has 0 spiro atoms. The molecule has 2 aromatic rings. The van der Waals surface area contributed by atoms with Gasteiger partial charge in [0.25, 0.3) is 0 Å². The number of anilines is 1. The summed E-state index contributed by atoms with van der Waals surface area (Å²) in [5.41, 5.74) is 1.79. The Morgan fingerprint density at radius 2 is 1.96 bits per heavy atom. The average Bonchev–Trinajstić information content (AvgIpc) is 2.87. The number of likely N-dealkylation sites (tertiary alicyclic amines) is 1. The van der Waals surface area contributed by atoms with Gasteiger partial charge in [0.2, 0.25) is 5.91 Å². The minimum atomic E-state index is -0.299. The summed E-state index contributed by atoms with van der Waals surface area (Å²) in [6.45, 7) is 1.10. The lowest BCUT2D eigenvalue weighted by atomic mass is 10.2. The van der Waals surface area contributed by atoms with Crippen molar-refractivity contribution < 1.29 is 9.59 Å². The van der Waals surface area contributed by atoms with Gasteiger partial charge < -0.3 is 15.5 Å². The molecular weight excluding hydrogens is 370 g/mol. The van der Waals surface area contributed by atoms with E-state index < -0.39 is 0 Å². The minimum Gasteiger partial charge on any atom is -0.336 e. The van der Waals surface area contributed by atoms with E-state index in [9.17, 15) is 9.59 Å². The highest BCUT2D eigenvalue weighted by Crippen LogP contribution is 2.17. The minimum absolute atomic E-state index is 0.0617. The quantitative estimate of drug-likeness (QED) is 0.844. The van der Waals surface area contributed by atoms with Crippen molar-refractivity contribution >= 4 is 33.6 Å². The zero-order valence-corrected chi connectivity index (χ0v) is 14.6. The van der Waals surface area contributed by atoms with Gasteiger partial charge in [0.15, 0.2) is 0 Å². The standard InChI is InChI=1S/C18H18BrN3O2/c19-14-7-4-8-15(9-14)20-18(24)21-16-10-17(23)22(12-16)11-13-5-2-1-3-6-13/h1-9,16H,10-12H2,(H2,20,21,24). The molecule has 5 nitrogen and oxygen atoms in total. The molecule has 0 aliphatic carbocycles. The van der Waals surface area contributed by atoms with Crippen LogP contribution in [0.3, 0.4) is 0 Å². The molecule has 2 aromatic carbocycles. The van der Waals surface area contributed by atoms with Gasteiger partial charge in [0.1, 0.15) is 0 Å². The van der Waals surface area contributed by atoms with Crippen molar-refractivity contribution in [3.8, 4) is 0 Å². The number of carbonyl (C=O) groups excluding carboxylic acids is 2. The van der Waals surface area contributed by atoms with Crippen LogP contribution in [0.1, 0.15) is 12.0 Å². The number of urea groups is 1. The molecule has 1 fully saturated rings. The number of benzene rings is 2. The van der Waals surface area contributed by atoms with Crippen LogP contribution < -0.4 is 10.6 Å².